The molecular formula is C31H31N7O3S. The SMILES string of the molecule is Cc1[nH]ncc1C(=O)N1[C@@H]2CC[C@H]1CC(c1nc3c(-c4ccc(-c5ccccc5)nc4)ccn3c(N)c1S(C)(=O)=O)C2. The molecule has 42 heavy (non-hydrogen) atoms. The average molecular weight is 582 g/mol. The number of pyridine rings is 1. The summed E-state index contributed by atoms with van der Waals surface area (Å²) in [6.45, 7) is 1.84. The molecule has 2 saturated heterocycles. The molecule has 2 bridgehead atoms. The van der Waals surface area contributed by atoms with E-state index in [0.717, 1.165) is 40.9 Å². The Morgan fingerprint density at radius 1 is 1.00 bits per heavy atom. The van der Waals surface area contributed by atoms with Crippen LogP contribution in [0.3, 0.4) is 0 Å². The third-order valence-corrected chi connectivity index (χ3v) is 9.90. The average Bonchev–Trinajstić information content (AvgIpc) is 3.68. The van der Waals surface area contributed by atoms with Crippen molar-refractivity contribution in [3.05, 3.63) is 84.1 Å². The molecule has 1 aromatic carbocycles. The lowest BCUT2D eigenvalue weighted by Gasteiger charge is -2.39. The first-order chi connectivity index (χ1) is 20.2. The van der Waals surface area contributed by atoms with E-state index in [0.29, 0.717) is 29.7 Å². The van der Waals surface area contributed by atoms with Crippen molar-refractivity contribution in [2.75, 3.05) is 12.0 Å². The number of nitrogen functional groups attached to an aromatic ring is 1. The van der Waals surface area contributed by atoms with Gasteiger partial charge < -0.3 is 10.6 Å². The molecule has 11 heteroatoms. The topological polar surface area (TPSA) is 139 Å². The van der Waals surface area contributed by atoms with Gasteiger partial charge in [-0.3, -0.25) is 19.3 Å². The summed E-state index contributed by atoms with van der Waals surface area (Å²) in [5.41, 5.74) is 12.6. The van der Waals surface area contributed by atoms with Gasteiger partial charge in [0.25, 0.3) is 5.91 Å². The molecule has 5 aromatic rings. The summed E-state index contributed by atoms with van der Waals surface area (Å²) in [6, 6.07) is 15.8. The second-order valence-electron chi connectivity index (χ2n) is 11.4. The number of benzene rings is 1. The summed E-state index contributed by atoms with van der Waals surface area (Å²) in [5, 5.41) is 6.88. The van der Waals surface area contributed by atoms with Gasteiger partial charge in [0.1, 0.15) is 16.4 Å². The predicted octanol–water partition coefficient (Wildman–Crippen LogP) is 4.63. The van der Waals surface area contributed by atoms with Gasteiger partial charge in [0.2, 0.25) is 0 Å². The van der Waals surface area contributed by atoms with Crippen LogP contribution in [0.4, 0.5) is 5.82 Å². The third kappa shape index (κ3) is 4.27. The smallest absolute Gasteiger partial charge is 0.257 e. The van der Waals surface area contributed by atoms with Crippen LogP contribution in [0.1, 0.15) is 53.3 Å². The molecular weight excluding hydrogens is 550 g/mol. The van der Waals surface area contributed by atoms with Gasteiger partial charge in [0, 0.05) is 59.0 Å². The van der Waals surface area contributed by atoms with Crippen LogP contribution in [0.2, 0.25) is 0 Å². The van der Waals surface area contributed by atoms with Crippen LogP contribution < -0.4 is 5.73 Å². The Kier molecular flexibility index (Phi) is 6.16. The zero-order valence-electron chi connectivity index (χ0n) is 23.4. The maximum absolute atomic E-state index is 13.4. The van der Waals surface area contributed by atoms with Gasteiger partial charge in [-0.05, 0) is 44.7 Å². The Morgan fingerprint density at radius 2 is 1.74 bits per heavy atom. The van der Waals surface area contributed by atoms with Crippen LogP contribution in [0.5, 0.6) is 0 Å². The molecule has 4 aromatic heterocycles. The van der Waals surface area contributed by atoms with Crippen molar-refractivity contribution in [2.45, 2.75) is 55.5 Å². The van der Waals surface area contributed by atoms with Crippen molar-refractivity contribution in [2.24, 2.45) is 0 Å². The Bertz CT molecular complexity index is 1920. The summed E-state index contributed by atoms with van der Waals surface area (Å²) >= 11 is 0. The van der Waals surface area contributed by atoms with E-state index in [-0.39, 0.29) is 34.6 Å². The number of nitrogens with two attached hydrogens (primary N) is 1. The van der Waals surface area contributed by atoms with E-state index < -0.39 is 9.84 Å². The number of amides is 1. The van der Waals surface area contributed by atoms with E-state index in [1.54, 1.807) is 16.8 Å². The van der Waals surface area contributed by atoms with E-state index in [9.17, 15) is 13.2 Å². The molecule has 10 nitrogen and oxygen atoms in total. The summed E-state index contributed by atoms with van der Waals surface area (Å²) in [7, 11) is -3.70. The number of anilines is 1. The number of hydrogen-bond acceptors (Lipinski definition) is 7. The molecule has 0 aliphatic carbocycles. The molecule has 7 rings (SSSR count). The number of H-pyrrole nitrogens is 1. The van der Waals surface area contributed by atoms with Crippen molar-refractivity contribution >= 4 is 27.2 Å². The summed E-state index contributed by atoms with van der Waals surface area (Å²) in [4.78, 5) is 25.2. The number of aromatic nitrogens is 5. The second-order valence-corrected chi connectivity index (χ2v) is 13.3. The highest BCUT2D eigenvalue weighted by atomic mass is 32.2. The minimum atomic E-state index is -3.70. The highest BCUT2D eigenvalue weighted by Gasteiger charge is 2.46. The van der Waals surface area contributed by atoms with Crippen LogP contribution in [-0.2, 0) is 9.84 Å². The van der Waals surface area contributed by atoms with Gasteiger partial charge >= 0.3 is 0 Å². The van der Waals surface area contributed by atoms with Crippen molar-refractivity contribution in [1.82, 2.24) is 29.5 Å². The third-order valence-electron chi connectivity index (χ3n) is 8.74. The largest absolute Gasteiger partial charge is 0.384 e. The lowest BCUT2D eigenvalue weighted by Crippen LogP contribution is -2.46. The highest BCUT2D eigenvalue weighted by molar-refractivity contribution is 7.91. The number of fused-ring (bicyclic) bond motifs is 3. The predicted molar refractivity (Wildman–Crippen MR) is 160 cm³/mol. The minimum Gasteiger partial charge on any atom is -0.384 e. The normalized spacial score (nSPS) is 20.3. The van der Waals surface area contributed by atoms with Crippen molar-refractivity contribution in [3.8, 4) is 22.4 Å². The number of hydrogen-bond donors (Lipinski definition) is 2. The number of nitrogens with one attached hydrogen (secondary N) is 1. The fourth-order valence-corrected chi connectivity index (χ4v) is 7.86. The molecule has 1 amide bonds. The summed E-state index contributed by atoms with van der Waals surface area (Å²) in [6.07, 6.45) is 9.30. The van der Waals surface area contributed by atoms with Crippen molar-refractivity contribution in [1.29, 1.82) is 0 Å². The Balaban J connectivity index is 1.28. The van der Waals surface area contributed by atoms with E-state index >= 15 is 0 Å². The summed E-state index contributed by atoms with van der Waals surface area (Å²) in [5.74, 6) is -0.0355. The quantitative estimate of drug-likeness (QED) is 0.308. The van der Waals surface area contributed by atoms with Crippen molar-refractivity contribution < 1.29 is 13.2 Å². The monoisotopic (exact) mass is 581 g/mol. The van der Waals surface area contributed by atoms with E-state index in [1.807, 2.05) is 66.6 Å². The van der Waals surface area contributed by atoms with Crippen LogP contribution in [-0.4, -0.2) is 62.1 Å². The number of aryl methyl sites for hydroxylation is 1. The van der Waals surface area contributed by atoms with Gasteiger partial charge in [0.05, 0.1) is 23.1 Å². The van der Waals surface area contributed by atoms with Crippen LogP contribution in [0.15, 0.2) is 72.0 Å². The Labute approximate surface area is 243 Å². The van der Waals surface area contributed by atoms with Crippen LogP contribution >= 0.6 is 0 Å². The fourth-order valence-electron chi connectivity index (χ4n) is 6.79. The molecule has 214 valence electrons. The first kappa shape index (κ1) is 26.4. The molecule has 3 N–H and O–H groups in total. The van der Waals surface area contributed by atoms with Crippen molar-refractivity contribution in [3.63, 3.8) is 0 Å². The highest BCUT2D eigenvalue weighted by Crippen LogP contribution is 2.46. The standard InChI is InChI=1S/C31H31N7O3S/c1-18-25(17-34-36-18)31(39)38-22-9-10-23(38)15-21(14-22)27-28(42(2,40)41)29(32)37-13-12-24(30(37)35-27)20-8-11-26(33-16-20)19-6-4-3-5-7-19/h3-8,11-13,16-17,21-23H,9-10,14-15,32H2,1-2H3,(H,34,36)/t21?,22-,23+. The number of rotatable bonds is 5. The second kappa shape index (κ2) is 9.80. The van der Waals surface area contributed by atoms with Crippen LogP contribution in [0, 0.1) is 6.92 Å². The minimum absolute atomic E-state index is 0.0109. The van der Waals surface area contributed by atoms with E-state index in [2.05, 4.69) is 15.2 Å². The molecule has 0 spiro atoms. The Morgan fingerprint density at radius 3 is 2.36 bits per heavy atom. The number of piperidine rings is 1. The number of nitrogens with zero attached hydrogens (tertiary/aromatic N) is 5. The van der Waals surface area contributed by atoms with Gasteiger partial charge in [-0.25, -0.2) is 13.4 Å². The number of carbonyl (C=O) groups excluding carboxylic acids is 1. The summed E-state index contributed by atoms with van der Waals surface area (Å²) < 4.78 is 27.9. The van der Waals surface area contributed by atoms with Gasteiger partial charge in [0.15, 0.2) is 9.84 Å². The number of sulfone groups is 1. The number of carbonyl (C=O) groups is 1. The molecule has 2 aliphatic rings. The molecule has 2 fully saturated rings. The number of aromatic amines is 1. The van der Waals surface area contributed by atoms with Gasteiger partial charge in [-0.1, -0.05) is 36.4 Å². The lowest BCUT2D eigenvalue weighted by molar-refractivity contribution is 0.0567. The van der Waals surface area contributed by atoms with Gasteiger partial charge in [-0.15, -0.1) is 0 Å². The first-order valence-corrected chi connectivity index (χ1v) is 15.9. The zero-order valence-corrected chi connectivity index (χ0v) is 24.2. The maximum atomic E-state index is 13.4. The molecule has 3 atom stereocenters. The Hall–Kier alpha value is -4.51. The molecule has 0 radical (unpaired) electrons. The zero-order chi connectivity index (χ0) is 29.2. The first-order valence-electron chi connectivity index (χ1n) is 14.1. The molecule has 6 heterocycles. The molecule has 2 aliphatic heterocycles. The van der Waals surface area contributed by atoms with Crippen LogP contribution in [0.25, 0.3) is 28.0 Å². The fraction of sp³-hybridized carbons (Fsp3) is 0.290. The van der Waals surface area contributed by atoms with Gasteiger partial charge in [-0.2, -0.15) is 5.10 Å². The maximum Gasteiger partial charge on any atom is 0.257 e. The molecule has 0 saturated carbocycles. The lowest BCUT2D eigenvalue weighted by atomic mass is 9.87. The van der Waals surface area contributed by atoms with E-state index in [1.165, 1.54) is 6.26 Å². The molecule has 1 unspecified atom stereocenters. The van der Waals surface area contributed by atoms with E-state index in [4.69, 9.17) is 10.7 Å².